The molecule has 1 amide bonds. The van der Waals surface area contributed by atoms with Crippen molar-refractivity contribution in [2.75, 3.05) is 26.2 Å². The molecule has 4 N–H and O–H groups in total. The van der Waals surface area contributed by atoms with Crippen LogP contribution < -0.4 is 11.1 Å². The minimum Gasteiger partial charge on any atom is -0.481 e. The number of carbonyl (C=O) groups excluding carboxylic acids is 1. The summed E-state index contributed by atoms with van der Waals surface area (Å²) in [4.78, 5) is 24.4. The number of amides is 1. The summed E-state index contributed by atoms with van der Waals surface area (Å²) in [6, 6.07) is 0. The van der Waals surface area contributed by atoms with Crippen molar-refractivity contribution in [2.24, 2.45) is 11.1 Å². The van der Waals surface area contributed by atoms with Crippen LogP contribution in [-0.2, 0) is 9.59 Å². The summed E-state index contributed by atoms with van der Waals surface area (Å²) in [5.41, 5.74) is 4.57. The summed E-state index contributed by atoms with van der Waals surface area (Å²) in [6.07, 6.45) is 0.832. The van der Waals surface area contributed by atoms with Crippen LogP contribution in [-0.4, -0.2) is 53.6 Å². The van der Waals surface area contributed by atoms with E-state index in [-0.39, 0.29) is 17.9 Å². The molecule has 0 radical (unpaired) electrons. The number of nitrogens with one attached hydrogen (secondary N) is 1. The van der Waals surface area contributed by atoms with Gasteiger partial charge in [0, 0.05) is 19.6 Å². The molecule has 0 saturated carbocycles. The highest BCUT2D eigenvalue weighted by Gasteiger charge is 2.50. The molecule has 1 atom stereocenters. The van der Waals surface area contributed by atoms with E-state index in [4.69, 9.17) is 10.8 Å². The Morgan fingerprint density at radius 1 is 1.47 bits per heavy atom. The van der Waals surface area contributed by atoms with E-state index in [1.165, 1.54) is 0 Å². The normalized spacial score (nSPS) is 32.1. The molecule has 0 aliphatic carbocycles. The van der Waals surface area contributed by atoms with Crippen molar-refractivity contribution in [2.45, 2.75) is 25.3 Å². The summed E-state index contributed by atoms with van der Waals surface area (Å²) >= 11 is 0. The molecule has 0 aromatic carbocycles. The monoisotopic (exact) mass is 241 g/mol. The Morgan fingerprint density at radius 2 is 2.12 bits per heavy atom. The number of carbonyl (C=O) groups is 2. The van der Waals surface area contributed by atoms with Gasteiger partial charge in [0.25, 0.3) is 0 Å². The predicted octanol–water partition coefficient (Wildman–Crippen LogP) is -1.000. The quantitative estimate of drug-likeness (QED) is 0.587. The third kappa shape index (κ3) is 2.02. The molecular weight excluding hydrogens is 222 g/mol. The molecular formula is C11H19N3O3. The Kier molecular flexibility index (Phi) is 2.87. The second-order valence-electron chi connectivity index (χ2n) is 5.49. The maximum atomic E-state index is 11.4. The summed E-state index contributed by atoms with van der Waals surface area (Å²) in [6.45, 7) is 4.52. The Morgan fingerprint density at radius 3 is 2.47 bits per heavy atom. The highest BCUT2D eigenvalue weighted by molar-refractivity contribution is 5.81. The number of primary amides is 1. The lowest BCUT2D eigenvalue weighted by atomic mass is 9.85. The molecule has 6 heteroatoms. The van der Waals surface area contributed by atoms with Crippen molar-refractivity contribution in [3.05, 3.63) is 0 Å². The maximum absolute atomic E-state index is 11.4. The first kappa shape index (κ1) is 12.3. The molecule has 0 aromatic heterocycles. The first-order valence-electron chi connectivity index (χ1n) is 5.86. The molecule has 0 spiro atoms. The lowest BCUT2D eigenvalue weighted by Crippen LogP contribution is -2.69. The van der Waals surface area contributed by atoms with Crippen molar-refractivity contribution in [3.8, 4) is 0 Å². The molecule has 2 aliphatic rings. The molecule has 1 unspecified atom stereocenters. The van der Waals surface area contributed by atoms with Gasteiger partial charge in [0.05, 0.1) is 17.4 Å². The largest absolute Gasteiger partial charge is 0.481 e. The van der Waals surface area contributed by atoms with Crippen LogP contribution in [0.2, 0.25) is 0 Å². The molecule has 96 valence electrons. The Labute approximate surface area is 100 Å². The Balaban J connectivity index is 2.08. The summed E-state index contributed by atoms with van der Waals surface area (Å²) < 4.78 is 0. The molecule has 2 heterocycles. The number of carboxylic acid groups (broad SMARTS) is 1. The summed E-state index contributed by atoms with van der Waals surface area (Å²) in [5, 5.41) is 12.1. The number of aliphatic carboxylic acids is 1. The second-order valence-corrected chi connectivity index (χ2v) is 5.49. The minimum atomic E-state index is -0.792. The van der Waals surface area contributed by atoms with Gasteiger partial charge in [-0.2, -0.15) is 0 Å². The van der Waals surface area contributed by atoms with Gasteiger partial charge in [-0.1, -0.05) is 0 Å². The van der Waals surface area contributed by atoms with Gasteiger partial charge in [-0.05, 0) is 19.9 Å². The van der Waals surface area contributed by atoms with E-state index in [0.717, 1.165) is 6.54 Å². The van der Waals surface area contributed by atoms with Gasteiger partial charge in [0.1, 0.15) is 0 Å². The van der Waals surface area contributed by atoms with Gasteiger partial charge in [-0.15, -0.1) is 0 Å². The van der Waals surface area contributed by atoms with Crippen LogP contribution in [0.15, 0.2) is 0 Å². The number of nitrogens with zero attached hydrogens (tertiary/aromatic N) is 1. The lowest BCUT2D eigenvalue weighted by Gasteiger charge is -2.49. The third-order valence-corrected chi connectivity index (χ3v) is 4.13. The van der Waals surface area contributed by atoms with Gasteiger partial charge < -0.3 is 16.2 Å². The number of likely N-dealkylation sites (tertiary alicyclic amines) is 1. The van der Waals surface area contributed by atoms with E-state index in [9.17, 15) is 9.59 Å². The highest BCUT2D eigenvalue weighted by atomic mass is 16.4. The molecule has 17 heavy (non-hydrogen) atoms. The van der Waals surface area contributed by atoms with E-state index in [1.54, 1.807) is 0 Å². The van der Waals surface area contributed by atoms with Crippen LogP contribution >= 0.6 is 0 Å². The zero-order chi connectivity index (χ0) is 12.7. The number of nitrogens with two attached hydrogens (primary N) is 1. The molecule has 0 aromatic rings. The number of hydrogen-bond acceptors (Lipinski definition) is 4. The standard InChI is InChI=1S/C11H19N3O3/c1-10(9(12)17)2-3-14(7-10)11(4-8(15)16)5-13-6-11/h13H,2-7H2,1H3,(H2,12,17)(H,15,16). The van der Waals surface area contributed by atoms with Crippen LogP contribution in [0.25, 0.3) is 0 Å². The molecule has 2 fully saturated rings. The fraction of sp³-hybridized carbons (Fsp3) is 0.818. The number of hydrogen-bond donors (Lipinski definition) is 3. The predicted molar refractivity (Wildman–Crippen MR) is 61.3 cm³/mol. The van der Waals surface area contributed by atoms with Crippen molar-refractivity contribution < 1.29 is 14.7 Å². The summed E-state index contributed by atoms with van der Waals surface area (Å²) in [7, 11) is 0. The van der Waals surface area contributed by atoms with Gasteiger partial charge >= 0.3 is 5.97 Å². The van der Waals surface area contributed by atoms with Crippen molar-refractivity contribution in [3.63, 3.8) is 0 Å². The SMILES string of the molecule is CC1(C(N)=O)CCN(C2(CC(=O)O)CNC2)C1. The molecule has 2 rings (SSSR count). The zero-order valence-electron chi connectivity index (χ0n) is 10.0. The number of rotatable bonds is 4. The molecule has 0 bridgehead atoms. The first-order chi connectivity index (χ1) is 7.88. The zero-order valence-corrected chi connectivity index (χ0v) is 10.0. The average molecular weight is 241 g/mol. The summed E-state index contributed by atoms with van der Waals surface area (Å²) in [5.74, 6) is -1.09. The lowest BCUT2D eigenvalue weighted by molar-refractivity contribution is -0.141. The van der Waals surface area contributed by atoms with Crippen LogP contribution in [0, 0.1) is 5.41 Å². The van der Waals surface area contributed by atoms with Crippen molar-refractivity contribution in [1.82, 2.24) is 10.2 Å². The van der Waals surface area contributed by atoms with Crippen molar-refractivity contribution in [1.29, 1.82) is 0 Å². The topological polar surface area (TPSA) is 95.7 Å². The van der Waals surface area contributed by atoms with E-state index in [0.29, 0.717) is 26.1 Å². The fourth-order valence-electron chi connectivity index (χ4n) is 2.72. The van der Waals surface area contributed by atoms with E-state index < -0.39 is 11.4 Å². The van der Waals surface area contributed by atoms with Crippen LogP contribution in [0.3, 0.4) is 0 Å². The first-order valence-corrected chi connectivity index (χ1v) is 5.86. The van der Waals surface area contributed by atoms with Crippen molar-refractivity contribution >= 4 is 11.9 Å². The van der Waals surface area contributed by atoms with Gasteiger partial charge in [0.15, 0.2) is 0 Å². The minimum absolute atomic E-state index is 0.120. The van der Waals surface area contributed by atoms with Crippen LogP contribution in [0.5, 0.6) is 0 Å². The number of carboxylic acids is 1. The van der Waals surface area contributed by atoms with Crippen LogP contribution in [0.4, 0.5) is 0 Å². The van der Waals surface area contributed by atoms with Gasteiger partial charge in [0.2, 0.25) is 5.91 Å². The highest BCUT2D eigenvalue weighted by Crippen LogP contribution is 2.37. The Bertz CT molecular complexity index is 354. The van der Waals surface area contributed by atoms with E-state index >= 15 is 0 Å². The second kappa shape index (κ2) is 3.96. The van der Waals surface area contributed by atoms with Gasteiger partial charge in [-0.3, -0.25) is 14.5 Å². The smallest absolute Gasteiger partial charge is 0.305 e. The fourth-order valence-corrected chi connectivity index (χ4v) is 2.72. The molecule has 6 nitrogen and oxygen atoms in total. The Hall–Kier alpha value is -1.14. The van der Waals surface area contributed by atoms with Gasteiger partial charge in [-0.25, -0.2) is 0 Å². The van der Waals surface area contributed by atoms with E-state index in [2.05, 4.69) is 10.2 Å². The average Bonchev–Trinajstić information content (AvgIpc) is 2.56. The maximum Gasteiger partial charge on any atom is 0.305 e. The molecule has 2 aliphatic heterocycles. The van der Waals surface area contributed by atoms with Crippen LogP contribution in [0.1, 0.15) is 19.8 Å². The molecule has 2 saturated heterocycles. The third-order valence-electron chi connectivity index (χ3n) is 4.13. The van der Waals surface area contributed by atoms with E-state index in [1.807, 2.05) is 6.92 Å².